The third-order valence-electron chi connectivity index (χ3n) is 4.68. The van der Waals surface area contributed by atoms with Gasteiger partial charge >= 0.3 is 0 Å². The molecule has 6 heteroatoms. The van der Waals surface area contributed by atoms with Crippen LogP contribution in [0.2, 0.25) is 0 Å². The van der Waals surface area contributed by atoms with E-state index in [1.807, 2.05) is 12.1 Å². The predicted octanol–water partition coefficient (Wildman–Crippen LogP) is 3.54. The summed E-state index contributed by atoms with van der Waals surface area (Å²) in [6.07, 6.45) is 6.08. The molecule has 5 nitrogen and oxygen atoms in total. The Balaban J connectivity index is 1.55. The molecule has 0 spiro atoms. The predicted molar refractivity (Wildman–Crippen MR) is 91.0 cm³/mol. The lowest BCUT2D eigenvalue weighted by Gasteiger charge is -2.29. The maximum absolute atomic E-state index is 13.9. The van der Waals surface area contributed by atoms with Gasteiger partial charge in [-0.15, -0.1) is 0 Å². The highest BCUT2D eigenvalue weighted by Crippen LogP contribution is 2.36. The molecule has 0 aliphatic carbocycles. The number of piperidine rings is 1. The number of nitrogens with zero attached hydrogens (tertiary/aromatic N) is 3. The lowest BCUT2D eigenvalue weighted by atomic mass is 10.0. The van der Waals surface area contributed by atoms with E-state index < -0.39 is 0 Å². The van der Waals surface area contributed by atoms with Crippen molar-refractivity contribution in [2.24, 2.45) is 0 Å². The van der Waals surface area contributed by atoms with Gasteiger partial charge in [-0.25, -0.2) is 14.4 Å². The molecule has 2 aliphatic rings. The van der Waals surface area contributed by atoms with E-state index in [4.69, 9.17) is 4.74 Å². The summed E-state index contributed by atoms with van der Waals surface area (Å²) in [5.41, 5.74) is 0.847. The fourth-order valence-electron chi connectivity index (χ4n) is 3.44. The number of ether oxygens (including phenoxy) is 1. The number of para-hydroxylation sites is 1. The minimum atomic E-state index is -0.310. The minimum Gasteiger partial charge on any atom is -0.490 e. The Hall–Kier alpha value is -2.37. The molecule has 1 N–H and O–H groups in total. The van der Waals surface area contributed by atoms with Crippen molar-refractivity contribution in [1.29, 1.82) is 0 Å². The molecule has 1 fully saturated rings. The number of anilines is 2. The van der Waals surface area contributed by atoms with Crippen LogP contribution in [0.5, 0.6) is 5.75 Å². The van der Waals surface area contributed by atoms with Crippen LogP contribution in [0.15, 0.2) is 30.6 Å². The Kier molecular flexibility index (Phi) is 4.19. The van der Waals surface area contributed by atoms with Crippen LogP contribution in [0.25, 0.3) is 0 Å². The van der Waals surface area contributed by atoms with E-state index in [9.17, 15) is 4.39 Å². The monoisotopic (exact) mass is 328 g/mol. The maximum Gasteiger partial charge on any atom is 0.165 e. The quantitative estimate of drug-likeness (QED) is 0.934. The van der Waals surface area contributed by atoms with Crippen LogP contribution in [0.3, 0.4) is 0 Å². The number of rotatable bonds is 3. The zero-order valence-electron chi connectivity index (χ0n) is 13.5. The smallest absolute Gasteiger partial charge is 0.165 e. The van der Waals surface area contributed by atoms with Crippen LogP contribution in [0.4, 0.5) is 16.0 Å². The molecule has 1 aromatic heterocycles. The topological polar surface area (TPSA) is 50.3 Å². The van der Waals surface area contributed by atoms with Crippen molar-refractivity contribution in [1.82, 2.24) is 9.97 Å². The molecule has 1 atom stereocenters. The zero-order chi connectivity index (χ0) is 16.4. The van der Waals surface area contributed by atoms with E-state index in [1.165, 1.54) is 25.3 Å². The number of nitrogens with one attached hydrogen (secondary N) is 1. The summed E-state index contributed by atoms with van der Waals surface area (Å²) in [6.45, 7) is 2.58. The molecule has 0 radical (unpaired) electrons. The van der Waals surface area contributed by atoms with E-state index in [0.29, 0.717) is 12.4 Å². The highest BCUT2D eigenvalue weighted by atomic mass is 19.1. The SMILES string of the molecule is Fc1cccc2c1OCC[C@@H]2Nc1cc(N2CCCCC2)ncn1. The first-order valence-electron chi connectivity index (χ1n) is 8.56. The number of halogens is 1. The summed E-state index contributed by atoms with van der Waals surface area (Å²) in [5, 5.41) is 3.42. The van der Waals surface area contributed by atoms with E-state index >= 15 is 0 Å². The van der Waals surface area contributed by atoms with Crippen LogP contribution < -0.4 is 15.0 Å². The molecule has 4 rings (SSSR count). The van der Waals surface area contributed by atoms with Gasteiger partial charge in [0, 0.05) is 31.1 Å². The largest absolute Gasteiger partial charge is 0.490 e. The summed E-state index contributed by atoms with van der Waals surface area (Å²) < 4.78 is 19.4. The Labute approximate surface area is 140 Å². The van der Waals surface area contributed by atoms with Crippen LogP contribution >= 0.6 is 0 Å². The third-order valence-corrected chi connectivity index (χ3v) is 4.68. The van der Waals surface area contributed by atoms with Crippen LogP contribution in [0.1, 0.15) is 37.3 Å². The van der Waals surface area contributed by atoms with E-state index in [1.54, 1.807) is 12.4 Å². The molecular weight excluding hydrogens is 307 g/mol. The van der Waals surface area contributed by atoms with Crippen molar-refractivity contribution < 1.29 is 9.13 Å². The molecule has 2 aliphatic heterocycles. The summed E-state index contributed by atoms with van der Waals surface area (Å²) in [7, 11) is 0. The minimum absolute atomic E-state index is 0.00597. The second-order valence-electron chi connectivity index (χ2n) is 6.30. The fourth-order valence-corrected chi connectivity index (χ4v) is 3.44. The molecule has 0 bridgehead atoms. The first-order chi connectivity index (χ1) is 11.8. The fraction of sp³-hybridized carbons (Fsp3) is 0.444. The van der Waals surface area contributed by atoms with Crippen molar-refractivity contribution in [3.05, 3.63) is 42.0 Å². The van der Waals surface area contributed by atoms with Crippen LogP contribution in [-0.4, -0.2) is 29.7 Å². The molecule has 0 unspecified atom stereocenters. The summed E-state index contributed by atoms with van der Waals surface area (Å²) in [6, 6.07) is 7.03. The normalized spacial score (nSPS) is 20.2. The van der Waals surface area contributed by atoms with Crippen molar-refractivity contribution in [3.63, 3.8) is 0 Å². The molecule has 1 saturated heterocycles. The molecular formula is C18H21FN4O. The molecule has 1 aromatic carbocycles. The zero-order valence-corrected chi connectivity index (χ0v) is 13.5. The first kappa shape index (κ1) is 15.2. The average molecular weight is 328 g/mol. The maximum atomic E-state index is 13.9. The average Bonchev–Trinajstić information content (AvgIpc) is 2.64. The Bertz CT molecular complexity index is 718. The van der Waals surface area contributed by atoms with Gasteiger partial charge in [0.1, 0.15) is 18.0 Å². The molecule has 0 saturated carbocycles. The number of hydrogen-bond acceptors (Lipinski definition) is 5. The van der Waals surface area contributed by atoms with Gasteiger partial charge in [-0.2, -0.15) is 0 Å². The van der Waals surface area contributed by atoms with Gasteiger partial charge in [-0.1, -0.05) is 12.1 Å². The van der Waals surface area contributed by atoms with Crippen LogP contribution in [-0.2, 0) is 0 Å². The van der Waals surface area contributed by atoms with Gasteiger partial charge in [-0.3, -0.25) is 0 Å². The molecule has 126 valence electrons. The van der Waals surface area contributed by atoms with Gasteiger partial charge in [0.2, 0.25) is 0 Å². The van der Waals surface area contributed by atoms with Crippen molar-refractivity contribution in [3.8, 4) is 5.75 Å². The summed E-state index contributed by atoms with van der Waals surface area (Å²) in [4.78, 5) is 11.0. The lowest BCUT2D eigenvalue weighted by molar-refractivity contribution is 0.260. The van der Waals surface area contributed by atoms with Gasteiger partial charge in [0.25, 0.3) is 0 Å². The molecule has 2 aromatic rings. The number of aromatic nitrogens is 2. The first-order valence-corrected chi connectivity index (χ1v) is 8.56. The third kappa shape index (κ3) is 3.00. The molecule has 3 heterocycles. The number of fused-ring (bicyclic) bond motifs is 1. The van der Waals surface area contributed by atoms with Gasteiger partial charge in [-0.05, 0) is 25.3 Å². The second kappa shape index (κ2) is 6.63. The van der Waals surface area contributed by atoms with Gasteiger partial charge < -0.3 is 15.0 Å². The second-order valence-corrected chi connectivity index (χ2v) is 6.30. The van der Waals surface area contributed by atoms with Crippen molar-refractivity contribution in [2.75, 3.05) is 29.9 Å². The van der Waals surface area contributed by atoms with E-state index in [-0.39, 0.29) is 11.9 Å². The Morgan fingerprint density at radius 2 is 2.04 bits per heavy atom. The van der Waals surface area contributed by atoms with Crippen molar-refractivity contribution in [2.45, 2.75) is 31.7 Å². The Morgan fingerprint density at radius 3 is 2.92 bits per heavy atom. The number of benzene rings is 1. The standard InChI is InChI=1S/C18H21FN4O/c19-14-6-4-5-13-15(7-10-24-18(13)14)22-16-11-17(21-12-20-16)23-8-2-1-3-9-23/h4-6,11-12,15H,1-3,7-10H2,(H,20,21,22)/t15-/m0/s1. The highest BCUT2D eigenvalue weighted by Gasteiger charge is 2.24. The van der Waals surface area contributed by atoms with Gasteiger partial charge in [0.05, 0.1) is 12.6 Å². The van der Waals surface area contributed by atoms with Crippen molar-refractivity contribution >= 4 is 11.6 Å². The van der Waals surface area contributed by atoms with E-state index in [0.717, 1.165) is 36.7 Å². The Morgan fingerprint density at radius 1 is 1.17 bits per heavy atom. The van der Waals surface area contributed by atoms with Crippen LogP contribution in [0, 0.1) is 5.82 Å². The van der Waals surface area contributed by atoms with E-state index in [2.05, 4.69) is 20.2 Å². The van der Waals surface area contributed by atoms with Gasteiger partial charge in [0.15, 0.2) is 11.6 Å². The summed E-state index contributed by atoms with van der Waals surface area (Å²) in [5.74, 6) is 1.77. The lowest BCUT2D eigenvalue weighted by Crippen LogP contribution is -2.30. The summed E-state index contributed by atoms with van der Waals surface area (Å²) >= 11 is 0. The highest BCUT2D eigenvalue weighted by molar-refractivity contribution is 5.51. The number of hydrogen-bond donors (Lipinski definition) is 1. The molecule has 0 amide bonds. The molecule has 24 heavy (non-hydrogen) atoms.